The summed E-state index contributed by atoms with van der Waals surface area (Å²) in [5.41, 5.74) is 1.62. The molecule has 0 aliphatic heterocycles. The first-order valence-corrected chi connectivity index (χ1v) is 6.29. The molecule has 0 saturated carbocycles. The van der Waals surface area contributed by atoms with Crippen molar-refractivity contribution in [2.24, 2.45) is 0 Å². The van der Waals surface area contributed by atoms with Crippen molar-refractivity contribution in [1.29, 1.82) is 0 Å². The van der Waals surface area contributed by atoms with E-state index >= 15 is 0 Å². The van der Waals surface area contributed by atoms with E-state index < -0.39 is 17.5 Å². The van der Waals surface area contributed by atoms with Crippen LogP contribution < -0.4 is 5.32 Å². The molecule has 1 amide bonds. The minimum atomic E-state index is -1.05. The minimum absolute atomic E-state index is 0.0623. The van der Waals surface area contributed by atoms with Crippen LogP contribution in [0, 0.1) is 18.6 Å². The van der Waals surface area contributed by atoms with Crippen molar-refractivity contribution in [1.82, 2.24) is 0 Å². The average molecular weight is 326 g/mol. The number of rotatable bonds is 2. The lowest BCUT2D eigenvalue weighted by molar-refractivity contribution is 0.102. The molecule has 0 spiro atoms. The van der Waals surface area contributed by atoms with Gasteiger partial charge < -0.3 is 5.32 Å². The molecular formula is C14H10BrF2NO. The molecule has 0 radical (unpaired) electrons. The van der Waals surface area contributed by atoms with Crippen molar-refractivity contribution in [3.63, 3.8) is 0 Å². The number of carbonyl (C=O) groups is 1. The van der Waals surface area contributed by atoms with E-state index in [0.717, 1.165) is 17.7 Å². The fourth-order valence-corrected chi connectivity index (χ4v) is 1.91. The molecule has 0 unspecified atom stereocenters. The number of amides is 1. The van der Waals surface area contributed by atoms with Crippen LogP contribution in [0.5, 0.6) is 0 Å². The maximum atomic E-state index is 13.1. The van der Waals surface area contributed by atoms with Crippen molar-refractivity contribution < 1.29 is 13.6 Å². The molecule has 2 aromatic carbocycles. The average Bonchev–Trinajstić information content (AvgIpc) is 2.37. The van der Waals surface area contributed by atoms with Gasteiger partial charge in [-0.05, 0) is 58.7 Å². The number of carbonyl (C=O) groups excluding carboxylic acids is 1. The van der Waals surface area contributed by atoms with E-state index in [0.29, 0.717) is 10.2 Å². The van der Waals surface area contributed by atoms with E-state index in [1.165, 1.54) is 6.07 Å². The smallest absolute Gasteiger partial charge is 0.255 e. The van der Waals surface area contributed by atoms with E-state index in [1.807, 2.05) is 13.0 Å². The van der Waals surface area contributed by atoms with Gasteiger partial charge in [-0.15, -0.1) is 0 Å². The van der Waals surface area contributed by atoms with E-state index in [4.69, 9.17) is 0 Å². The topological polar surface area (TPSA) is 29.1 Å². The van der Waals surface area contributed by atoms with E-state index in [-0.39, 0.29) is 5.56 Å². The summed E-state index contributed by atoms with van der Waals surface area (Å²) < 4.78 is 26.6. The molecule has 0 saturated heterocycles. The van der Waals surface area contributed by atoms with Gasteiger partial charge >= 0.3 is 0 Å². The Morgan fingerprint density at radius 2 is 1.84 bits per heavy atom. The lowest BCUT2D eigenvalue weighted by Crippen LogP contribution is -2.13. The summed E-state index contributed by atoms with van der Waals surface area (Å²) in [5, 5.41) is 2.64. The molecule has 0 heterocycles. The number of aryl methyl sites for hydroxylation is 1. The van der Waals surface area contributed by atoms with Crippen LogP contribution in [0.25, 0.3) is 0 Å². The van der Waals surface area contributed by atoms with Gasteiger partial charge in [-0.2, -0.15) is 0 Å². The summed E-state index contributed by atoms with van der Waals surface area (Å²) >= 11 is 3.31. The fraction of sp³-hybridized carbons (Fsp3) is 0.0714. The Bertz CT molecular complexity index is 643. The fourth-order valence-electron chi connectivity index (χ4n) is 1.57. The maximum absolute atomic E-state index is 13.1. The third-order valence-corrected chi connectivity index (χ3v) is 3.24. The van der Waals surface area contributed by atoms with Crippen LogP contribution in [0.4, 0.5) is 14.5 Å². The molecule has 0 fully saturated rings. The Labute approximate surface area is 117 Å². The highest BCUT2D eigenvalue weighted by Gasteiger charge is 2.11. The Balaban J connectivity index is 2.25. The molecule has 0 aliphatic rings. The lowest BCUT2D eigenvalue weighted by Gasteiger charge is -2.08. The summed E-state index contributed by atoms with van der Waals surface area (Å²) in [4.78, 5) is 11.9. The van der Waals surface area contributed by atoms with Crippen LogP contribution in [0.3, 0.4) is 0 Å². The summed E-state index contributed by atoms with van der Waals surface area (Å²) in [5.74, 6) is -2.52. The van der Waals surface area contributed by atoms with Gasteiger partial charge in [-0.25, -0.2) is 8.78 Å². The first-order chi connectivity index (χ1) is 8.97. The Morgan fingerprint density at radius 1 is 1.11 bits per heavy atom. The second-order valence-corrected chi connectivity index (χ2v) is 4.92. The van der Waals surface area contributed by atoms with Crippen LogP contribution in [0.2, 0.25) is 0 Å². The van der Waals surface area contributed by atoms with Gasteiger partial charge in [-0.1, -0.05) is 6.07 Å². The van der Waals surface area contributed by atoms with Crippen LogP contribution in [0.1, 0.15) is 15.9 Å². The molecule has 1 N–H and O–H groups in total. The van der Waals surface area contributed by atoms with Gasteiger partial charge in [0.05, 0.1) is 5.69 Å². The summed E-state index contributed by atoms with van der Waals surface area (Å²) in [6.45, 7) is 1.89. The number of anilines is 1. The summed E-state index contributed by atoms with van der Waals surface area (Å²) in [6.07, 6.45) is 0. The molecule has 5 heteroatoms. The van der Waals surface area contributed by atoms with Crippen molar-refractivity contribution in [3.8, 4) is 0 Å². The molecular weight excluding hydrogens is 316 g/mol. The normalized spacial score (nSPS) is 10.3. The van der Waals surface area contributed by atoms with Crippen molar-refractivity contribution in [2.45, 2.75) is 6.92 Å². The van der Waals surface area contributed by atoms with Crippen LogP contribution >= 0.6 is 15.9 Å². The zero-order valence-electron chi connectivity index (χ0n) is 10.0. The predicted molar refractivity (Wildman–Crippen MR) is 73.2 cm³/mol. The second-order valence-electron chi connectivity index (χ2n) is 4.07. The third kappa shape index (κ3) is 3.17. The van der Waals surface area contributed by atoms with Gasteiger partial charge in [0.15, 0.2) is 11.6 Å². The van der Waals surface area contributed by atoms with E-state index in [1.54, 1.807) is 12.1 Å². The van der Waals surface area contributed by atoms with Crippen LogP contribution in [-0.4, -0.2) is 5.91 Å². The van der Waals surface area contributed by atoms with Gasteiger partial charge in [-0.3, -0.25) is 4.79 Å². The Kier molecular flexibility index (Phi) is 3.95. The monoisotopic (exact) mass is 325 g/mol. The largest absolute Gasteiger partial charge is 0.321 e. The molecule has 0 atom stereocenters. The van der Waals surface area contributed by atoms with Crippen molar-refractivity contribution >= 4 is 27.5 Å². The van der Waals surface area contributed by atoms with E-state index in [2.05, 4.69) is 21.2 Å². The van der Waals surface area contributed by atoms with E-state index in [9.17, 15) is 13.6 Å². The third-order valence-electron chi connectivity index (χ3n) is 2.55. The quantitative estimate of drug-likeness (QED) is 0.876. The number of hydrogen-bond acceptors (Lipinski definition) is 1. The van der Waals surface area contributed by atoms with Crippen molar-refractivity contribution in [2.75, 3.05) is 5.32 Å². The van der Waals surface area contributed by atoms with Crippen LogP contribution in [-0.2, 0) is 0 Å². The first kappa shape index (κ1) is 13.7. The first-order valence-electron chi connectivity index (χ1n) is 5.50. The zero-order valence-corrected chi connectivity index (χ0v) is 11.6. The molecule has 2 aromatic rings. The second kappa shape index (κ2) is 5.48. The summed E-state index contributed by atoms with van der Waals surface area (Å²) in [6, 6.07) is 8.50. The molecule has 2 rings (SSSR count). The molecule has 98 valence electrons. The van der Waals surface area contributed by atoms with Gasteiger partial charge in [0.1, 0.15) is 0 Å². The zero-order chi connectivity index (χ0) is 14.0. The SMILES string of the molecule is Cc1ccc(Br)c(NC(=O)c2ccc(F)c(F)c2)c1. The molecule has 0 aliphatic carbocycles. The Hall–Kier alpha value is -1.75. The summed E-state index contributed by atoms with van der Waals surface area (Å²) in [7, 11) is 0. The highest BCUT2D eigenvalue weighted by molar-refractivity contribution is 9.10. The predicted octanol–water partition coefficient (Wildman–Crippen LogP) is 4.29. The maximum Gasteiger partial charge on any atom is 0.255 e. The minimum Gasteiger partial charge on any atom is -0.321 e. The molecule has 19 heavy (non-hydrogen) atoms. The van der Waals surface area contributed by atoms with Gasteiger partial charge in [0, 0.05) is 10.0 Å². The highest BCUT2D eigenvalue weighted by Crippen LogP contribution is 2.24. The van der Waals surface area contributed by atoms with Gasteiger partial charge in [0.2, 0.25) is 0 Å². The number of halogens is 3. The number of hydrogen-bond donors (Lipinski definition) is 1. The Morgan fingerprint density at radius 3 is 2.53 bits per heavy atom. The van der Waals surface area contributed by atoms with Crippen molar-refractivity contribution in [3.05, 3.63) is 63.6 Å². The standard InChI is InChI=1S/C14H10BrF2NO/c1-8-2-4-10(15)13(6-8)18-14(19)9-3-5-11(16)12(17)7-9/h2-7H,1H3,(H,18,19). The molecule has 2 nitrogen and oxygen atoms in total. The lowest BCUT2D eigenvalue weighted by atomic mass is 10.2. The highest BCUT2D eigenvalue weighted by atomic mass is 79.9. The molecule has 0 aromatic heterocycles. The van der Waals surface area contributed by atoms with Gasteiger partial charge in [0.25, 0.3) is 5.91 Å². The number of benzene rings is 2. The molecule has 0 bridgehead atoms. The number of nitrogens with one attached hydrogen (secondary N) is 1. The van der Waals surface area contributed by atoms with Crippen LogP contribution in [0.15, 0.2) is 40.9 Å².